The average Bonchev–Trinajstić information content (AvgIpc) is 2.74. The molecule has 13 heavy (non-hydrogen) atoms. The molecule has 0 saturated carbocycles. The minimum Gasteiger partial charge on any atom is -0.249 e. The highest BCUT2D eigenvalue weighted by Gasteiger charge is 2.22. The predicted molar refractivity (Wildman–Crippen MR) is 52.7 cm³/mol. The zero-order valence-electron chi connectivity index (χ0n) is 6.30. The minimum absolute atomic E-state index is 0.557. The molecule has 1 unspecified atom stereocenters. The van der Waals surface area contributed by atoms with Crippen molar-refractivity contribution in [1.29, 1.82) is 0 Å². The van der Waals surface area contributed by atoms with Crippen LogP contribution in [0, 0.1) is 0 Å². The monoisotopic (exact) mass is 221 g/mol. The highest BCUT2D eigenvalue weighted by molar-refractivity contribution is 8.17. The van der Waals surface area contributed by atoms with E-state index in [-0.39, 0.29) is 0 Å². The summed E-state index contributed by atoms with van der Waals surface area (Å²) >= 11 is 1.32. The van der Waals surface area contributed by atoms with Crippen molar-refractivity contribution in [1.82, 2.24) is 4.98 Å². The second-order valence-corrected chi connectivity index (χ2v) is 4.65. The standard InChI is InChI=1S/C6H5F2N3S2/c7-5(8)13-4-9-3-11(13)6-10-1-2-12-6/h1-5H. The number of rotatable bonds is 2. The Labute approximate surface area is 79.8 Å². The van der Waals surface area contributed by atoms with Crippen molar-refractivity contribution in [2.45, 2.75) is 5.76 Å². The van der Waals surface area contributed by atoms with Crippen LogP contribution in [0.5, 0.6) is 0 Å². The number of alkyl halides is 2. The van der Waals surface area contributed by atoms with Crippen LogP contribution in [-0.2, 0) is 0 Å². The van der Waals surface area contributed by atoms with Crippen molar-refractivity contribution in [2.75, 3.05) is 4.31 Å². The molecule has 1 aromatic heterocycles. The van der Waals surface area contributed by atoms with Crippen LogP contribution in [0.4, 0.5) is 13.9 Å². The molecule has 3 nitrogen and oxygen atoms in total. The Bertz CT molecular complexity index is 347. The largest absolute Gasteiger partial charge is 0.298 e. The van der Waals surface area contributed by atoms with Gasteiger partial charge in [0.05, 0.1) is 5.49 Å². The lowest BCUT2D eigenvalue weighted by Gasteiger charge is -2.15. The van der Waals surface area contributed by atoms with Crippen molar-refractivity contribution in [3.63, 3.8) is 0 Å². The van der Waals surface area contributed by atoms with Gasteiger partial charge in [0.2, 0.25) is 5.13 Å². The first-order valence-corrected chi connectivity index (χ1v) is 5.53. The number of anilines is 1. The molecule has 2 heterocycles. The lowest BCUT2D eigenvalue weighted by Crippen LogP contribution is -2.13. The van der Waals surface area contributed by atoms with E-state index in [0.717, 1.165) is 0 Å². The summed E-state index contributed by atoms with van der Waals surface area (Å²) in [4.78, 5) is 7.64. The van der Waals surface area contributed by atoms with Crippen LogP contribution in [0.2, 0.25) is 0 Å². The van der Waals surface area contributed by atoms with Gasteiger partial charge in [-0.2, -0.15) is 8.78 Å². The first kappa shape index (κ1) is 8.76. The number of hydrogen-bond donors (Lipinski definition) is 0. The van der Waals surface area contributed by atoms with E-state index in [1.165, 1.54) is 27.5 Å². The Kier molecular flexibility index (Phi) is 2.36. The maximum absolute atomic E-state index is 12.4. The number of aromatic nitrogens is 1. The van der Waals surface area contributed by atoms with Gasteiger partial charge in [0.15, 0.2) is 0 Å². The fourth-order valence-electron chi connectivity index (χ4n) is 0.852. The van der Waals surface area contributed by atoms with E-state index in [1.54, 1.807) is 11.6 Å². The molecular formula is C6H5F2N3S2. The van der Waals surface area contributed by atoms with Gasteiger partial charge in [0.25, 0.3) is 5.76 Å². The summed E-state index contributed by atoms with van der Waals surface area (Å²) in [6, 6.07) is 0. The molecule has 0 N–H and O–H groups in total. The fourth-order valence-corrected chi connectivity index (χ4v) is 2.69. The molecule has 0 bridgehead atoms. The Morgan fingerprint density at radius 1 is 1.54 bits per heavy atom. The zero-order valence-corrected chi connectivity index (χ0v) is 7.93. The van der Waals surface area contributed by atoms with Gasteiger partial charge < -0.3 is 0 Å². The third-order valence-electron chi connectivity index (χ3n) is 1.36. The summed E-state index contributed by atoms with van der Waals surface area (Å²) < 4.78 is 26.2. The van der Waals surface area contributed by atoms with Crippen LogP contribution in [0.1, 0.15) is 0 Å². The van der Waals surface area contributed by atoms with Gasteiger partial charge in [-0.05, 0) is 10.7 Å². The minimum atomic E-state index is -2.41. The molecule has 0 radical (unpaired) electrons. The molecule has 70 valence electrons. The molecule has 7 heteroatoms. The Hall–Kier alpha value is -0.820. The number of nitrogens with zero attached hydrogens (tertiary/aromatic N) is 3. The van der Waals surface area contributed by atoms with Crippen molar-refractivity contribution >= 4 is 39.0 Å². The molecule has 0 aromatic carbocycles. The topological polar surface area (TPSA) is 28.5 Å². The summed E-state index contributed by atoms with van der Waals surface area (Å²) in [5.74, 6) is -2.41. The van der Waals surface area contributed by atoms with Gasteiger partial charge >= 0.3 is 0 Å². The van der Waals surface area contributed by atoms with Gasteiger partial charge in [0.1, 0.15) is 6.34 Å². The molecule has 0 aliphatic carbocycles. The molecule has 0 spiro atoms. The van der Waals surface area contributed by atoms with Crippen LogP contribution in [0.15, 0.2) is 16.6 Å². The fraction of sp³-hybridized carbons (Fsp3) is 0.167. The number of hydrogen-bond acceptors (Lipinski definition) is 4. The van der Waals surface area contributed by atoms with E-state index in [1.807, 2.05) is 0 Å². The van der Waals surface area contributed by atoms with Gasteiger partial charge in [-0.25, -0.2) is 14.3 Å². The number of halogens is 2. The lowest BCUT2D eigenvalue weighted by molar-refractivity contribution is 0.251. The van der Waals surface area contributed by atoms with E-state index < -0.39 is 16.4 Å². The molecule has 0 amide bonds. The lowest BCUT2D eigenvalue weighted by atomic mass is 11.0. The molecule has 0 saturated heterocycles. The molecule has 1 aromatic rings. The van der Waals surface area contributed by atoms with E-state index in [0.29, 0.717) is 5.13 Å². The zero-order chi connectivity index (χ0) is 9.26. The molecular weight excluding hydrogens is 216 g/mol. The Morgan fingerprint density at radius 3 is 3.00 bits per heavy atom. The highest BCUT2D eigenvalue weighted by Crippen LogP contribution is 2.35. The smallest absolute Gasteiger partial charge is 0.249 e. The van der Waals surface area contributed by atoms with Crippen molar-refractivity contribution in [3.05, 3.63) is 11.6 Å². The van der Waals surface area contributed by atoms with Crippen LogP contribution < -0.4 is 4.31 Å². The van der Waals surface area contributed by atoms with Crippen LogP contribution in [0.3, 0.4) is 0 Å². The van der Waals surface area contributed by atoms with Gasteiger partial charge in [-0.15, -0.1) is 11.3 Å². The quantitative estimate of drug-likeness (QED) is 0.716. The number of aliphatic imine (C=N–C) groups is 1. The predicted octanol–water partition coefficient (Wildman–Crippen LogP) is 2.16. The maximum Gasteiger partial charge on any atom is 0.298 e. The average molecular weight is 221 g/mol. The number of thiazole rings is 1. The summed E-state index contributed by atoms with van der Waals surface area (Å²) in [7, 11) is -1.25. The second kappa shape index (κ2) is 3.51. The molecule has 1 aliphatic rings. The van der Waals surface area contributed by atoms with Gasteiger partial charge in [-0.1, -0.05) is 0 Å². The van der Waals surface area contributed by atoms with Crippen LogP contribution >= 0.6 is 22.0 Å². The van der Waals surface area contributed by atoms with E-state index in [4.69, 9.17) is 0 Å². The van der Waals surface area contributed by atoms with Gasteiger partial charge in [-0.3, -0.25) is 0 Å². The van der Waals surface area contributed by atoms with Crippen LogP contribution in [0.25, 0.3) is 0 Å². The van der Waals surface area contributed by atoms with Crippen molar-refractivity contribution in [3.8, 4) is 0 Å². The normalized spacial score (nSPS) is 21.2. The van der Waals surface area contributed by atoms with E-state index in [2.05, 4.69) is 9.98 Å². The summed E-state index contributed by atoms with van der Waals surface area (Å²) in [5, 5.41) is 2.30. The molecule has 2 rings (SSSR count). The van der Waals surface area contributed by atoms with Crippen LogP contribution in [-0.4, -0.2) is 22.6 Å². The molecule has 1 aliphatic heterocycles. The highest BCUT2D eigenvalue weighted by atomic mass is 32.2. The third kappa shape index (κ3) is 1.61. The third-order valence-corrected chi connectivity index (χ3v) is 3.67. The Balaban J connectivity index is 2.26. The van der Waals surface area contributed by atoms with E-state index >= 15 is 0 Å². The molecule has 1 atom stereocenters. The SMILES string of the molecule is FC(F)S1=CN=CN1c1nccs1. The first-order chi connectivity index (χ1) is 6.29. The summed E-state index contributed by atoms with van der Waals surface area (Å²) in [5.41, 5.74) is 1.26. The summed E-state index contributed by atoms with van der Waals surface area (Å²) in [6.07, 6.45) is 2.97. The van der Waals surface area contributed by atoms with E-state index in [9.17, 15) is 8.78 Å². The van der Waals surface area contributed by atoms with Gasteiger partial charge in [0, 0.05) is 11.6 Å². The summed E-state index contributed by atoms with van der Waals surface area (Å²) in [6.45, 7) is 0. The van der Waals surface area contributed by atoms with Crippen molar-refractivity contribution < 1.29 is 8.78 Å². The van der Waals surface area contributed by atoms with Crippen molar-refractivity contribution in [2.24, 2.45) is 4.99 Å². The first-order valence-electron chi connectivity index (χ1n) is 3.34. The second-order valence-electron chi connectivity index (χ2n) is 2.12. The molecule has 0 fully saturated rings. The maximum atomic E-state index is 12.4. The Morgan fingerprint density at radius 2 is 2.38 bits per heavy atom.